The fraction of sp³-hybridized carbons (Fsp3) is 0.909. The van der Waals surface area contributed by atoms with Gasteiger partial charge in [-0.2, -0.15) is 0 Å². The van der Waals surface area contributed by atoms with E-state index in [1.807, 2.05) is 13.8 Å². The Hall–Kier alpha value is -0.690. The first kappa shape index (κ1) is 12.8. The maximum Gasteiger partial charge on any atom is 0.302 e. The van der Waals surface area contributed by atoms with Gasteiger partial charge in [-0.25, -0.2) is 0 Å². The van der Waals surface area contributed by atoms with Gasteiger partial charge in [0, 0.05) is 14.0 Å². The van der Waals surface area contributed by atoms with E-state index < -0.39 is 12.1 Å². The molecular weight excluding hydrogens is 228 g/mol. The molecule has 0 N–H and O–H groups in total. The smallest absolute Gasteiger partial charge is 0.302 e. The summed E-state index contributed by atoms with van der Waals surface area (Å²) in [5, 5.41) is 0. The van der Waals surface area contributed by atoms with E-state index in [0.29, 0.717) is 0 Å². The van der Waals surface area contributed by atoms with Crippen LogP contribution in [0, 0.1) is 0 Å². The monoisotopic (exact) mass is 246 g/mol. The first-order chi connectivity index (χ1) is 7.93. The van der Waals surface area contributed by atoms with Crippen LogP contribution in [0.1, 0.15) is 20.8 Å². The van der Waals surface area contributed by atoms with Crippen LogP contribution in [0.3, 0.4) is 0 Å². The third kappa shape index (κ3) is 2.60. The first-order valence-electron chi connectivity index (χ1n) is 5.60. The molecule has 0 saturated carbocycles. The molecule has 0 amide bonds. The number of hydrogen-bond acceptors (Lipinski definition) is 6. The number of carbonyl (C=O) groups is 1. The highest BCUT2D eigenvalue weighted by atomic mass is 16.8. The second-order valence-electron chi connectivity index (χ2n) is 4.65. The van der Waals surface area contributed by atoms with Crippen molar-refractivity contribution in [3.8, 4) is 0 Å². The summed E-state index contributed by atoms with van der Waals surface area (Å²) >= 11 is 0. The molecule has 0 aromatic heterocycles. The van der Waals surface area contributed by atoms with Crippen LogP contribution in [0.2, 0.25) is 0 Å². The Labute approximate surface area is 100 Å². The van der Waals surface area contributed by atoms with Crippen molar-refractivity contribution in [1.29, 1.82) is 0 Å². The number of methoxy groups -OCH3 is 1. The average molecular weight is 246 g/mol. The lowest BCUT2D eigenvalue weighted by Gasteiger charge is -2.23. The lowest BCUT2D eigenvalue weighted by molar-refractivity contribution is -0.231. The molecular formula is C11H18O6. The van der Waals surface area contributed by atoms with E-state index in [4.69, 9.17) is 23.7 Å². The highest BCUT2D eigenvalue weighted by Gasteiger charge is 2.55. The molecule has 2 rings (SSSR count). The lowest BCUT2D eigenvalue weighted by Crippen LogP contribution is -2.33. The minimum Gasteiger partial charge on any atom is -0.463 e. The standard InChI is InChI=1S/C11H18O6/c1-6(12)14-5-7-8-9(10(13-4)15-7)17-11(2,3)16-8/h7-10H,5H2,1-4H3/t7-,8-,9-,10?/m1/s1. The van der Waals surface area contributed by atoms with E-state index >= 15 is 0 Å². The second-order valence-corrected chi connectivity index (χ2v) is 4.65. The van der Waals surface area contributed by atoms with Gasteiger partial charge in [0.25, 0.3) is 0 Å². The van der Waals surface area contributed by atoms with Crippen molar-refractivity contribution in [2.24, 2.45) is 0 Å². The summed E-state index contributed by atoms with van der Waals surface area (Å²) in [5.74, 6) is -1.01. The van der Waals surface area contributed by atoms with Crippen molar-refractivity contribution in [3.05, 3.63) is 0 Å². The fourth-order valence-electron chi connectivity index (χ4n) is 2.17. The number of carbonyl (C=O) groups excluding carboxylic acids is 1. The summed E-state index contributed by atoms with van der Waals surface area (Å²) in [6.45, 7) is 5.17. The molecule has 0 bridgehead atoms. The Morgan fingerprint density at radius 1 is 1.29 bits per heavy atom. The maximum atomic E-state index is 10.8. The minimum atomic E-state index is -0.662. The van der Waals surface area contributed by atoms with Gasteiger partial charge < -0.3 is 23.7 Å². The predicted molar refractivity (Wildman–Crippen MR) is 56.1 cm³/mol. The van der Waals surface area contributed by atoms with Gasteiger partial charge in [0.2, 0.25) is 0 Å². The van der Waals surface area contributed by atoms with Crippen molar-refractivity contribution >= 4 is 5.97 Å². The van der Waals surface area contributed by atoms with Crippen LogP contribution in [0.15, 0.2) is 0 Å². The van der Waals surface area contributed by atoms with Gasteiger partial charge in [0.1, 0.15) is 24.9 Å². The molecule has 1 unspecified atom stereocenters. The molecule has 0 aromatic carbocycles. The molecule has 6 heteroatoms. The SMILES string of the molecule is COC1O[C@H](COC(C)=O)[C@H]2OC(C)(C)O[C@@H]12. The maximum absolute atomic E-state index is 10.8. The zero-order chi connectivity index (χ0) is 12.6. The van der Waals surface area contributed by atoms with E-state index in [9.17, 15) is 4.79 Å². The molecule has 17 heavy (non-hydrogen) atoms. The van der Waals surface area contributed by atoms with Crippen LogP contribution < -0.4 is 0 Å². The van der Waals surface area contributed by atoms with Gasteiger partial charge >= 0.3 is 5.97 Å². The molecule has 0 radical (unpaired) electrons. The highest BCUT2D eigenvalue weighted by Crippen LogP contribution is 2.38. The molecule has 2 heterocycles. The van der Waals surface area contributed by atoms with Gasteiger partial charge in [-0.1, -0.05) is 0 Å². The highest BCUT2D eigenvalue weighted by molar-refractivity contribution is 5.65. The van der Waals surface area contributed by atoms with Gasteiger partial charge in [0.15, 0.2) is 12.1 Å². The Morgan fingerprint density at radius 3 is 2.53 bits per heavy atom. The number of esters is 1. The van der Waals surface area contributed by atoms with Gasteiger partial charge in [-0.3, -0.25) is 4.79 Å². The zero-order valence-corrected chi connectivity index (χ0v) is 10.5. The number of fused-ring (bicyclic) bond motifs is 1. The molecule has 2 aliphatic heterocycles. The largest absolute Gasteiger partial charge is 0.463 e. The Bertz CT molecular complexity index is 302. The van der Waals surface area contributed by atoms with Crippen molar-refractivity contribution in [1.82, 2.24) is 0 Å². The molecule has 2 saturated heterocycles. The Kier molecular flexibility index (Phi) is 3.40. The van der Waals surface area contributed by atoms with Crippen LogP contribution >= 0.6 is 0 Å². The molecule has 0 aromatic rings. The van der Waals surface area contributed by atoms with E-state index in [1.54, 1.807) is 7.11 Å². The van der Waals surface area contributed by atoms with Crippen molar-refractivity contribution in [2.75, 3.05) is 13.7 Å². The number of ether oxygens (including phenoxy) is 5. The van der Waals surface area contributed by atoms with Crippen LogP contribution in [0.25, 0.3) is 0 Å². The van der Waals surface area contributed by atoms with Gasteiger partial charge in [0.05, 0.1) is 0 Å². The van der Waals surface area contributed by atoms with Crippen molar-refractivity contribution in [2.45, 2.75) is 51.2 Å². The summed E-state index contributed by atoms with van der Waals surface area (Å²) in [7, 11) is 1.55. The molecule has 2 fully saturated rings. The van der Waals surface area contributed by atoms with E-state index in [1.165, 1.54) is 6.92 Å². The summed E-state index contributed by atoms with van der Waals surface area (Å²) in [4.78, 5) is 10.8. The number of hydrogen-bond donors (Lipinski definition) is 0. The van der Waals surface area contributed by atoms with Crippen LogP contribution in [0.4, 0.5) is 0 Å². The second kappa shape index (κ2) is 4.53. The lowest BCUT2D eigenvalue weighted by atomic mass is 10.1. The normalized spacial score (nSPS) is 39.1. The van der Waals surface area contributed by atoms with E-state index in [2.05, 4.69) is 0 Å². The molecule has 6 nitrogen and oxygen atoms in total. The third-order valence-corrected chi connectivity index (χ3v) is 2.79. The number of rotatable bonds is 3. The van der Waals surface area contributed by atoms with Crippen molar-refractivity contribution < 1.29 is 28.5 Å². The zero-order valence-electron chi connectivity index (χ0n) is 10.5. The molecule has 4 atom stereocenters. The average Bonchev–Trinajstić information content (AvgIpc) is 2.68. The molecule has 2 aliphatic rings. The molecule has 98 valence electrons. The Morgan fingerprint density at radius 2 is 1.94 bits per heavy atom. The third-order valence-electron chi connectivity index (χ3n) is 2.79. The van der Waals surface area contributed by atoms with Crippen LogP contribution in [0.5, 0.6) is 0 Å². The summed E-state index contributed by atoms with van der Waals surface area (Å²) < 4.78 is 27.1. The quantitative estimate of drug-likeness (QED) is 0.673. The topological polar surface area (TPSA) is 63.2 Å². The first-order valence-corrected chi connectivity index (χ1v) is 5.60. The van der Waals surface area contributed by atoms with Crippen molar-refractivity contribution in [3.63, 3.8) is 0 Å². The van der Waals surface area contributed by atoms with E-state index in [-0.39, 0.29) is 30.9 Å². The van der Waals surface area contributed by atoms with Gasteiger partial charge in [-0.15, -0.1) is 0 Å². The minimum absolute atomic E-state index is 0.149. The predicted octanol–water partition coefficient (Wildman–Crippen LogP) is 0.441. The van der Waals surface area contributed by atoms with E-state index in [0.717, 1.165) is 0 Å². The molecule has 0 spiro atoms. The summed E-state index contributed by atoms with van der Waals surface area (Å²) in [5.41, 5.74) is 0. The van der Waals surface area contributed by atoms with Crippen LogP contribution in [-0.2, 0) is 28.5 Å². The van der Waals surface area contributed by atoms with Crippen LogP contribution in [-0.4, -0.2) is 50.1 Å². The Balaban J connectivity index is 2.02. The summed E-state index contributed by atoms with van der Waals surface area (Å²) in [6.07, 6.45) is -1.39. The fourth-order valence-corrected chi connectivity index (χ4v) is 2.17. The summed E-state index contributed by atoms with van der Waals surface area (Å²) in [6, 6.07) is 0. The van der Waals surface area contributed by atoms with Gasteiger partial charge in [-0.05, 0) is 13.8 Å². The molecule has 0 aliphatic carbocycles.